The topological polar surface area (TPSA) is 0 Å². The number of thioether (sulfide) groups is 2. The van der Waals surface area contributed by atoms with Crippen molar-refractivity contribution < 1.29 is 64.1 Å². The molecule has 2 aliphatic heterocycles. The van der Waals surface area contributed by atoms with Crippen LogP contribution in [0.2, 0.25) is 0 Å². The van der Waals surface area contributed by atoms with Crippen LogP contribution in [0.3, 0.4) is 0 Å². The summed E-state index contributed by atoms with van der Waals surface area (Å²) < 4.78 is 82.9. The third kappa shape index (κ3) is 2.05. The molecule has 2 aliphatic carbocycles. The van der Waals surface area contributed by atoms with Gasteiger partial charge in [-0.2, -0.15) is 37.5 Å². The summed E-state index contributed by atoms with van der Waals surface area (Å²) >= 11 is 2.10. The number of hydrogen-bond donors (Lipinski definition) is 0. The maximum atomic E-state index is 14.3. The fraction of sp³-hybridized carbons (Fsp3) is 0.467. The molecule has 4 aliphatic rings. The molecule has 25 heavy (non-hydrogen) atoms. The Kier molecular flexibility index (Phi) is 4.97. The molecular weight excluding hydrogens is 372 g/mol. The van der Waals surface area contributed by atoms with E-state index in [1.165, 1.54) is 0 Å². The predicted octanol–water partition coefficient (Wildman–Crippen LogP) is -0.835. The molecule has 0 N–H and O–H groups in total. The third-order valence-electron chi connectivity index (χ3n) is 5.08. The van der Waals surface area contributed by atoms with Gasteiger partial charge in [0.1, 0.15) is 0 Å². The number of alkyl halides is 6. The second-order valence-electron chi connectivity index (χ2n) is 6.10. The van der Waals surface area contributed by atoms with Gasteiger partial charge in [-0.25, -0.2) is 23.0 Å². The van der Waals surface area contributed by atoms with E-state index in [1.807, 2.05) is 0 Å². The Labute approximate surface area is 173 Å². The minimum Gasteiger partial charge on any atom is -0.253 e. The molecule has 4 rings (SSSR count). The number of rotatable bonds is 0. The van der Waals surface area contributed by atoms with E-state index in [4.69, 9.17) is 0 Å². The van der Waals surface area contributed by atoms with Gasteiger partial charge in [-0.15, -0.1) is 0 Å². The SMILES string of the molecule is C[C@]12S[C-]=CC1=C1C(=C3C=[C-]S[C@@]32C)C(F)(F)C(F)(F)C1(F)F.[Li+].[Li+]. The Morgan fingerprint density at radius 1 is 0.720 bits per heavy atom. The van der Waals surface area contributed by atoms with Gasteiger partial charge in [0.2, 0.25) is 0 Å². The van der Waals surface area contributed by atoms with Crippen molar-refractivity contribution in [1.82, 2.24) is 0 Å². The first kappa shape index (κ1) is 21.7. The van der Waals surface area contributed by atoms with E-state index in [1.54, 1.807) is 13.8 Å². The molecule has 0 saturated heterocycles. The van der Waals surface area contributed by atoms with Crippen LogP contribution in [0.25, 0.3) is 0 Å². The van der Waals surface area contributed by atoms with Gasteiger partial charge in [0.15, 0.2) is 0 Å². The summed E-state index contributed by atoms with van der Waals surface area (Å²) in [4.78, 5) is 0. The van der Waals surface area contributed by atoms with E-state index in [2.05, 4.69) is 10.8 Å². The average molecular weight is 380 g/mol. The van der Waals surface area contributed by atoms with E-state index >= 15 is 0 Å². The summed E-state index contributed by atoms with van der Waals surface area (Å²) in [7, 11) is 0. The molecule has 0 unspecified atom stereocenters. The van der Waals surface area contributed by atoms with E-state index in [0.717, 1.165) is 35.7 Å². The minimum absolute atomic E-state index is 0. The first-order valence-electron chi connectivity index (χ1n) is 6.61. The Balaban J connectivity index is 0.00000113. The molecule has 0 radical (unpaired) electrons. The number of halogens is 6. The Morgan fingerprint density at radius 3 is 1.36 bits per heavy atom. The average Bonchev–Trinajstić information content (AvgIpc) is 3.02. The second kappa shape index (κ2) is 5.72. The van der Waals surface area contributed by atoms with Gasteiger partial charge in [-0.1, -0.05) is 25.0 Å². The van der Waals surface area contributed by atoms with E-state index in [0.29, 0.717) is 0 Å². The molecule has 0 aromatic heterocycles. The predicted molar refractivity (Wildman–Crippen MR) is 76.5 cm³/mol. The van der Waals surface area contributed by atoms with Gasteiger partial charge in [0.05, 0.1) is 0 Å². The molecule has 10 heteroatoms. The number of allylic oxidation sites excluding steroid dienone is 4. The van der Waals surface area contributed by atoms with Crippen LogP contribution in [0.1, 0.15) is 13.8 Å². The molecule has 0 spiro atoms. The Bertz CT molecular complexity index is 708. The van der Waals surface area contributed by atoms with Crippen molar-refractivity contribution in [3.05, 3.63) is 45.3 Å². The summed E-state index contributed by atoms with van der Waals surface area (Å²) in [5, 5.41) is 5.35. The fourth-order valence-corrected chi connectivity index (χ4v) is 5.79. The van der Waals surface area contributed by atoms with Crippen molar-refractivity contribution in [2.75, 3.05) is 0 Å². The molecule has 1 saturated carbocycles. The van der Waals surface area contributed by atoms with Crippen LogP contribution in [0, 0.1) is 10.8 Å². The summed E-state index contributed by atoms with van der Waals surface area (Å²) in [6.45, 7) is 3.18. The van der Waals surface area contributed by atoms with Crippen LogP contribution >= 0.6 is 23.5 Å². The largest absolute Gasteiger partial charge is 1.00 e. The van der Waals surface area contributed by atoms with Crippen LogP contribution in [0.5, 0.6) is 0 Å². The molecule has 124 valence electrons. The van der Waals surface area contributed by atoms with Gasteiger partial charge >= 0.3 is 55.5 Å². The minimum atomic E-state index is -5.47. The smallest absolute Gasteiger partial charge is 0.253 e. The zero-order chi connectivity index (χ0) is 17.1. The molecule has 0 aromatic carbocycles. The molecule has 2 heterocycles. The molecule has 0 nitrogen and oxygen atoms in total. The van der Waals surface area contributed by atoms with Gasteiger partial charge < -0.3 is 0 Å². The molecular formula is C15H8F6Li2S2. The van der Waals surface area contributed by atoms with Crippen molar-refractivity contribution in [3.63, 3.8) is 0 Å². The van der Waals surface area contributed by atoms with Gasteiger partial charge in [-0.3, -0.25) is 23.5 Å². The van der Waals surface area contributed by atoms with E-state index in [9.17, 15) is 26.3 Å². The quantitative estimate of drug-likeness (QED) is 0.306. The molecule has 0 aromatic rings. The van der Waals surface area contributed by atoms with Crippen LogP contribution in [0.4, 0.5) is 26.3 Å². The second-order valence-corrected chi connectivity index (χ2v) is 8.61. The number of hydrogen-bond acceptors (Lipinski definition) is 2. The molecule has 2 atom stereocenters. The monoisotopic (exact) mass is 380 g/mol. The van der Waals surface area contributed by atoms with Crippen molar-refractivity contribution in [2.24, 2.45) is 0 Å². The number of fused-ring (bicyclic) bond motifs is 4. The van der Waals surface area contributed by atoms with E-state index in [-0.39, 0.29) is 48.9 Å². The first-order chi connectivity index (χ1) is 10.4. The maximum Gasteiger partial charge on any atom is 1.00 e. The van der Waals surface area contributed by atoms with Gasteiger partial charge in [0, 0.05) is 0 Å². The Morgan fingerprint density at radius 2 is 1.04 bits per heavy atom. The molecule has 0 amide bonds. The fourth-order valence-electron chi connectivity index (χ4n) is 3.56. The van der Waals surface area contributed by atoms with Crippen molar-refractivity contribution >= 4 is 23.5 Å². The first-order valence-corrected chi connectivity index (χ1v) is 8.24. The van der Waals surface area contributed by atoms with Crippen molar-refractivity contribution in [3.8, 4) is 0 Å². The summed E-state index contributed by atoms with van der Waals surface area (Å²) in [6.07, 6.45) is 2.26. The zero-order valence-electron chi connectivity index (χ0n) is 13.7. The summed E-state index contributed by atoms with van der Waals surface area (Å²) in [5.41, 5.74) is -2.90. The normalized spacial score (nSPS) is 38.1. The maximum absolute atomic E-state index is 14.3. The van der Waals surface area contributed by atoms with Crippen LogP contribution in [-0.2, 0) is 0 Å². The summed E-state index contributed by atoms with van der Waals surface area (Å²) in [6, 6.07) is 0. The van der Waals surface area contributed by atoms with Crippen molar-refractivity contribution in [1.29, 1.82) is 0 Å². The summed E-state index contributed by atoms with van der Waals surface area (Å²) in [5.74, 6) is -15.4. The van der Waals surface area contributed by atoms with Crippen LogP contribution < -0.4 is 37.7 Å². The van der Waals surface area contributed by atoms with Crippen molar-refractivity contribution in [2.45, 2.75) is 41.1 Å². The van der Waals surface area contributed by atoms with Gasteiger partial charge in [0.25, 0.3) is 0 Å². The molecule has 1 fully saturated rings. The standard InChI is InChI=1S/C15H8F6S2.2Li/c1-11-7(3-5-22-11)9-10(8-4-6-23-12(8,11)2)14(18,19)15(20,21)13(9,16)17;;/h3-4H,1-2H3;;/q-2;2*+1/t11-,12-;;/m0../s1. The zero-order valence-corrected chi connectivity index (χ0v) is 15.4. The molecule has 0 bridgehead atoms. The van der Waals surface area contributed by atoms with Crippen LogP contribution in [0.15, 0.2) is 34.4 Å². The Hall–Kier alpha value is 0.435. The third-order valence-corrected chi connectivity index (χ3v) is 7.75. The van der Waals surface area contributed by atoms with Crippen LogP contribution in [-0.4, -0.2) is 27.3 Å². The van der Waals surface area contributed by atoms with Gasteiger partial charge in [-0.05, 0) is 9.49 Å². The van der Waals surface area contributed by atoms with E-state index < -0.39 is 38.4 Å².